The summed E-state index contributed by atoms with van der Waals surface area (Å²) in [6, 6.07) is 10.8. The molecule has 2 heterocycles. The highest BCUT2D eigenvalue weighted by molar-refractivity contribution is 7.89. The lowest BCUT2D eigenvalue weighted by Gasteiger charge is -2.18. The van der Waals surface area contributed by atoms with E-state index >= 15 is 0 Å². The Morgan fingerprint density at radius 1 is 1.26 bits per heavy atom. The summed E-state index contributed by atoms with van der Waals surface area (Å²) in [7, 11) is -0.526. The van der Waals surface area contributed by atoms with Gasteiger partial charge in [0.05, 0.1) is 11.9 Å². The largest absolute Gasteiger partial charge is 0.461 e. The minimum atomic E-state index is -3.45. The van der Waals surface area contributed by atoms with Gasteiger partial charge in [-0.05, 0) is 31.2 Å². The minimum absolute atomic E-state index is 0.122. The van der Waals surface area contributed by atoms with Crippen LogP contribution in [0.25, 0.3) is 11.3 Å². The van der Waals surface area contributed by atoms with Crippen LogP contribution in [0.5, 0.6) is 0 Å². The molecule has 1 aliphatic rings. The molecule has 0 saturated carbocycles. The summed E-state index contributed by atoms with van der Waals surface area (Å²) >= 11 is 0. The lowest BCUT2D eigenvalue weighted by atomic mass is 10.1. The highest BCUT2D eigenvalue weighted by Gasteiger charge is 2.37. The molecule has 1 aromatic heterocycles. The van der Waals surface area contributed by atoms with Gasteiger partial charge in [0.2, 0.25) is 10.0 Å². The molecule has 0 spiro atoms. The van der Waals surface area contributed by atoms with Gasteiger partial charge in [-0.25, -0.2) is 12.7 Å². The molecule has 0 aliphatic carbocycles. The molecule has 3 rings (SSSR count). The van der Waals surface area contributed by atoms with Crippen molar-refractivity contribution >= 4 is 15.9 Å². The number of rotatable bonds is 5. The molecule has 2 atom stereocenters. The number of likely N-dealkylation sites (tertiary alicyclic amines) is 1. The predicted octanol–water partition coefficient (Wildman–Crippen LogP) is 1.58. The zero-order chi connectivity index (χ0) is 19.8. The fourth-order valence-electron chi connectivity index (χ4n) is 3.18. The second-order valence-corrected chi connectivity index (χ2v) is 9.32. The van der Waals surface area contributed by atoms with E-state index in [1.165, 1.54) is 19.0 Å². The molecule has 1 aromatic carbocycles. The topological polar surface area (TPSA) is 91.1 Å². The van der Waals surface area contributed by atoms with Gasteiger partial charge >= 0.3 is 0 Å². The highest BCUT2D eigenvalue weighted by atomic mass is 32.2. The van der Waals surface area contributed by atoms with E-state index in [0.717, 1.165) is 15.6 Å². The Morgan fingerprint density at radius 2 is 2.00 bits per heavy atom. The molecule has 0 bridgehead atoms. The summed E-state index contributed by atoms with van der Waals surface area (Å²) in [5, 5.41) is 10.2. The van der Waals surface area contributed by atoms with Gasteiger partial charge in [-0.1, -0.05) is 12.1 Å². The average Bonchev–Trinajstić information content (AvgIpc) is 3.20. The van der Waals surface area contributed by atoms with Crippen LogP contribution >= 0.6 is 0 Å². The first-order valence-corrected chi connectivity index (χ1v) is 10.3. The minimum Gasteiger partial charge on any atom is -0.461 e. The number of carbonyl (C=O) groups is 1. The van der Waals surface area contributed by atoms with E-state index in [0.29, 0.717) is 11.3 Å². The number of aryl methyl sites for hydroxylation is 1. The summed E-state index contributed by atoms with van der Waals surface area (Å²) in [5.41, 5.74) is 1.27. The number of carbonyl (C=O) groups excluding carboxylic acids is 1. The van der Waals surface area contributed by atoms with Crippen molar-refractivity contribution < 1.29 is 22.7 Å². The number of hydrogen-bond donors (Lipinski definition) is 1. The second kappa shape index (κ2) is 7.46. The lowest BCUT2D eigenvalue weighted by Crippen LogP contribution is -2.33. The molecule has 1 saturated heterocycles. The Morgan fingerprint density at radius 3 is 2.63 bits per heavy atom. The van der Waals surface area contributed by atoms with Gasteiger partial charge in [-0.3, -0.25) is 4.79 Å². The molecule has 27 heavy (non-hydrogen) atoms. The van der Waals surface area contributed by atoms with Crippen molar-refractivity contribution in [3.05, 3.63) is 47.7 Å². The van der Waals surface area contributed by atoms with Crippen LogP contribution in [-0.4, -0.2) is 67.7 Å². The normalized spacial score (nSPS) is 20.4. The molecule has 1 amide bonds. The van der Waals surface area contributed by atoms with Crippen molar-refractivity contribution in [3.8, 4) is 11.3 Å². The molecule has 0 unspecified atom stereocenters. The number of sulfonamides is 1. The van der Waals surface area contributed by atoms with Gasteiger partial charge in [-0.15, -0.1) is 0 Å². The van der Waals surface area contributed by atoms with Crippen molar-refractivity contribution in [3.63, 3.8) is 0 Å². The molecule has 2 aromatic rings. The maximum Gasteiger partial charge on any atom is 0.253 e. The third kappa shape index (κ3) is 4.23. The van der Waals surface area contributed by atoms with Crippen molar-refractivity contribution in [1.82, 2.24) is 9.21 Å². The number of aliphatic hydroxyl groups excluding tert-OH is 1. The van der Waals surface area contributed by atoms with Crippen LogP contribution in [0.4, 0.5) is 0 Å². The van der Waals surface area contributed by atoms with Gasteiger partial charge in [-0.2, -0.15) is 0 Å². The van der Waals surface area contributed by atoms with Crippen LogP contribution in [-0.2, 0) is 10.0 Å². The smallest absolute Gasteiger partial charge is 0.253 e. The monoisotopic (exact) mass is 392 g/mol. The zero-order valence-corrected chi connectivity index (χ0v) is 16.4. The van der Waals surface area contributed by atoms with Crippen LogP contribution in [0.15, 0.2) is 40.8 Å². The van der Waals surface area contributed by atoms with Gasteiger partial charge in [0.15, 0.2) is 0 Å². The zero-order valence-electron chi connectivity index (χ0n) is 15.6. The fraction of sp³-hybridized carbons (Fsp3) is 0.421. The van der Waals surface area contributed by atoms with Gasteiger partial charge in [0.1, 0.15) is 11.5 Å². The summed E-state index contributed by atoms with van der Waals surface area (Å²) < 4.78 is 30.9. The molecular weight excluding hydrogens is 368 g/mol. The second-order valence-electron chi connectivity index (χ2n) is 7.09. The van der Waals surface area contributed by atoms with Crippen molar-refractivity contribution in [2.75, 3.05) is 32.9 Å². The summed E-state index contributed by atoms with van der Waals surface area (Å²) in [6.45, 7) is 2.18. The summed E-state index contributed by atoms with van der Waals surface area (Å²) in [4.78, 5) is 14.4. The first-order valence-electron chi connectivity index (χ1n) is 8.72. The maximum absolute atomic E-state index is 12.9. The molecule has 8 heteroatoms. The van der Waals surface area contributed by atoms with Gasteiger partial charge in [0, 0.05) is 44.2 Å². The van der Waals surface area contributed by atoms with E-state index in [1.807, 2.05) is 25.1 Å². The molecular formula is C19H24N2O5S. The number of hydrogen-bond acceptors (Lipinski definition) is 5. The molecule has 0 radical (unpaired) electrons. The Balaban J connectivity index is 1.75. The standard InChI is InChI=1S/C19H24N2O5S/c1-13-7-8-18(26-13)14-5-4-6-15(9-14)19(23)21-10-16(17(22)11-21)12-27(24,25)20(2)3/h4-9,16-17,22H,10-12H2,1-3H3/t16-,17+/m0/s1. The van der Waals surface area contributed by atoms with Gasteiger partial charge < -0.3 is 14.4 Å². The SMILES string of the molecule is Cc1ccc(-c2cccc(C(=O)N3C[C@@H](CS(=O)(=O)N(C)C)[C@H](O)C3)c2)o1. The third-order valence-electron chi connectivity index (χ3n) is 4.81. The van der Waals surface area contributed by atoms with Crippen LogP contribution in [0.1, 0.15) is 16.1 Å². The molecule has 7 nitrogen and oxygen atoms in total. The van der Waals surface area contributed by atoms with Crippen LogP contribution in [0, 0.1) is 12.8 Å². The predicted molar refractivity (Wildman–Crippen MR) is 102 cm³/mol. The van der Waals surface area contributed by atoms with E-state index in [4.69, 9.17) is 4.42 Å². The van der Waals surface area contributed by atoms with Crippen molar-refractivity contribution in [2.45, 2.75) is 13.0 Å². The summed E-state index contributed by atoms with van der Waals surface area (Å²) in [6.07, 6.45) is -0.861. The number of amides is 1. The number of nitrogens with zero attached hydrogens (tertiary/aromatic N) is 2. The first-order chi connectivity index (χ1) is 12.7. The molecule has 1 N–H and O–H groups in total. The van der Waals surface area contributed by atoms with Crippen molar-refractivity contribution in [2.24, 2.45) is 5.92 Å². The maximum atomic E-state index is 12.9. The van der Waals surface area contributed by atoms with E-state index in [9.17, 15) is 18.3 Å². The molecule has 1 fully saturated rings. The number of aliphatic hydroxyl groups is 1. The number of benzene rings is 1. The summed E-state index contributed by atoms with van der Waals surface area (Å²) in [5.74, 6) is 0.547. The van der Waals surface area contributed by atoms with Crippen LogP contribution < -0.4 is 0 Å². The van der Waals surface area contributed by atoms with Crippen molar-refractivity contribution in [1.29, 1.82) is 0 Å². The third-order valence-corrected chi connectivity index (χ3v) is 6.77. The first kappa shape index (κ1) is 19.6. The van der Waals surface area contributed by atoms with E-state index in [1.54, 1.807) is 18.2 Å². The Bertz CT molecular complexity index is 935. The number of β-amino-alcohol motifs (C(OH)–C–C–N with tert-alkyl or cyclic N) is 1. The molecule has 146 valence electrons. The van der Waals surface area contributed by atoms with E-state index in [2.05, 4.69) is 0 Å². The Labute approximate surface area is 159 Å². The fourth-order valence-corrected chi connectivity index (χ4v) is 4.35. The lowest BCUT2D eigenvalue weighted by molar-refractivity contribution is 0.0765. The Hall–Kier alpha value is -2.16. The Kier molecular flexibility index (Phi) is 5.41. The molecule has 1 aliphatic heterocycles. The van der Waals surface area contributed by atoms with Crippen LogP contribution in [0.2, 0.25) is 0 Å². The van der Waals surface area contributed by atoms with Crippen LogP contribution in [0.3, 0.4) is 0 Å². The highest BCUT2D eigenvalue weighted by Crippen LogP contribution is 2.25. The van der Waals surface area contributed by atoms with E-state index in [-0.39, 0.29) is 24.7 Å². The number of furan rings is 1. The quantitative estimate of drug-likeness (QED) is 0.834. The average molecular weight is 392 g/mol. The van der Waals surface area contributed by atoms with Gasteiger partial charge in [0.25, 0.3) is 5.91 Å². The van der Waals surface area contributed by atoms with E-state index < -0.39 is 22.0 Å².